The third-order valence-electron chi connectivity index (χ3n) is 4.60. The van der Waals surface area contributed by atoms with E-state index < -0.39 is 0 Å². The number of anilines is 2. The van der Waals surface area contributed by atoms with Crippen LogP contribution in [-0.4, -0.2) is 19.5 Å². The molecule has 29 heavy (non-hydrogen) atoms. The van der Waals surface area contributed by atoms with Crippen molar-refractivity contribution in [3.05, 3.63) is 86.2 Å². The number of imidazole rings is 1. The molecular weight excluding hydrogens is 360 g/mol. The van der Waals surface area contributed by atoms with Crippen LogP contribution in [0.3, 0.4) is 0 Å². The van der Waals surface area contributed by atoms with Gasteiger partial charge in [0.1, 0.15) is 11.3 Å². The van der Waals surface area contributed by atoms with Crippen molar-refractivity contribution in [1.29, 1.82) is 0 Å². The van der Waals surface area contributed by atoms with E-state index in [1.54, 1.807) is 24.5 Å². The third-order valence-corrected chi connectivity index (χ3v) is 4.60. The van der Waals surface area contributed by atoms with E-state index in [1.165, 1.54) is 0 Å². The number of pyridine rings is 2. The summed E-state index contributed by atoms with van der Waals surface area (Å²) < 4.78 is 1.90. The van der Waals surface area contributed by atoms with E-state index in [0.717, 1.165) is 16.8 Å². The Bertz CT molecular complexity index is 1270. The minimum atomic E-state index is 0.388. The Morgan fingerprint density at radius 2 is 1.79 bits per heavy atom. The van der Waals surface area contributed by atoms with E-state index in [-0.39, 0.29) is 0 Å². The molecule has 6 nitrogen and oxygen atoms in total. The van der Waals surface area contributed by atoms with E-state index in [0.29, 0.717) is 34.1 Å². The number of hydrogen-bond donors (Lipinski definition) is 2. The van der Waals surface area contributed by atoms with Gasteiger partial charge in [-0.25, -0.2) is 15.0 Å². The molecule has 0 bridgehead atoms. The molecule has 4 aromatic rings. The molecule has 0 aliphatic carbocycles. The Labute approximate surface area is 168 Å². The Kier molecular flexibility index (Phi) is 4.66. The van der Waals surface area contributed by atoms with Crippen LogP contribution < -0.4 is 11.5 Å². The lowest BCUT2D eigenvalue weighted by Gasteiger charge is -2.10. The standard InChI is InChI=1S/C23H20N6/c1-3-8-16(4-2)29-22(18-10-7-12-26-21(18)25)28-20-13-15(14-27-23(20)29)17-9-5-6-11-19(17)24/h3-14H,1-2,24H2,(H2,25,26)/b16-8+. The molecule has 142 valence electrons. The number of allylic oxidation sites excluding steroid dienone is 4. The van der Waals surface area contributed by atoms with E-state index in [2.05, 4.69) is 23.1 Å². The lowest BCUT2D eigenvalue weighted by molar-refractivity contribution is 1.11. The molecule has 3 heterocycles. The molecule has 0 aliphatic rings. The number of para-hydroxylation sites is 1. The van der Waals surface area contributed by atoms with Gasteiger partial charge < -0.3 is 11.5 Å². The van der Waals surface area contributed by atoms with Crippen LogP contribution in [0, 0.1) is 0 Å². The summed E-state index contributed by atoms with van der Waals surface area (Å²) in [6, 6.07) is 13.3. The second-order valence-electron chi connectivity index (χ2n) is 6.39. The largest absolute Gasteiger partial charge is 0.398 e. The molecule has 1 aromatic carbocycles. The third kappa shape index (κ3) is 3.17. The zero-order chi connectivity index (χ0) is 20.4. The maximum absolute atomic E-state index is 6.14. The first kappa shape index (κ1) is 18.2. The maximum atomic E-state index is 6.14. The SMILES string of the molecule is C=C/C=C(\C=C)n1c(-c2cccnc2N)nc2cc(-c3ccccc3N)cnc21. The van der Waals surface area contributed by atoms with Gasteiger partial charge in [0.2, 0.25) is 0 Å². The second kappa shape index (κ2) is 7.44. The highest BCUT2D eigenvalue weighted by Crippen LogP contribution is 2.33. The van der Waals surface area contributed by atoms with Crippen molar-refractivity contribution in [2.24, 2.45) is 0 Å². The van der Waals surface area contributed by atoms with Crippen molar-refractivity contribution in [2.75, 3.05) is 11.5 Å². The fraction of sp³-hybridized carbons (Fsp3) is 0. The Balaban J connectivity index is 2.02. The van der Waals surface area contributed by atoms with Gasteiger partial charge in [-0.2, -0.15) is 0 Å². The highest BCUT2D eigenvalue weighted by atomic mass is 15.1. The molecule has 0 radical (unpaired) electrons. The molecule has 4 N–H and O–H groups in total. The first-order chi connectivity index (χ1) is 14.1. The topological polar surface area (TPSA) is 95.6 Å². The highest BCUT2D eigenvalue weighted by molar-refractivity contribution is 5.89. The zero-order valence-electron chi connectivity index (χ0n) is 15.8. The summed E-state index contributed by atoms with van der Waals surface area (Å²) in [5.74, 6) is 1.02. The number of benzene rings is 1. The number of aromatic nitrogens is 4. The predicted octanol–water partition coefficient (Wildman–Crippen LogP) is 4.54. The first-order valence-electron chi connectivity index (χ1n) is 9.03. The average Bonchev–Trinajstić information content (AvgIpc) is 3.11. The van der Waals surface area contributed by atoms with E-state index in [9.17, 15) is 0 Å². The molecule has 0 unspecified atom stereocenters. The number of nitrogens with two attached hydrogens (primary N) is 2. The minimum absolute atomic E-state index is 0.388. The fourth-order valence-electron chi connectivity index (χ4n) is 3.26. The minimum Gasteiger partial charge on any atom is -0.398 e. The van der Waals surface area contributed by atoms with E-state index in [1.807, 2.05) is 53.1 Å². The van der Waals surface area contributed by atoms with Crippen molar-refractivity contribution < 1.29 is 0 Å². The van der Waals surface area contributed by atoms with Gasteiger partial charge in [-0.3, -0.25) is 4.57 Å². The normalized spacial score (nSPS) is 11.5. The van der Waals surface area contributed by atoms with E-state index >= 15 is 0 Å². The Morgan fingerprint density at radius 3 is 2.52 bits per heavy atom. The Hall–Kier alpha value is -4.19. The van der Waals surface area contributed by atoms with Gasteiger partial charge in [0.05, 0.1) is 5.56 Å². The average molecular weight is 380 g/mol. The zero-order valence-corrected chi connectivity index (χ0v) is 15.8. The van der Waals surface area contributed by atoms with Crippen LogP contribution in [0.4, 0.5) is 11.5 Å². The molecule has 4 rings (SSSR count). The van der Waals surface area contributed by atoms with Gasteiger partial charge in [0.15, 0.2) is 11.5 Å². The van der Waals surface area contributed by atoms with Crippen LogP contribution in [0.5, 0.6) is 0 Å². The predicted molar refractivity (Wildman–Crippen MR) is 120 cm³/mol. The lowest BCUT2D eigenvalue weighted by Crippen LogP contribution is -2.02. The molecule has 3 aromatic heterocycles. The van der Waals surface area contributed by atoms with Crippen LogP contribution in [0.2, 0.25) is 0 Å². The number of fused-ring (bicyclic) bond motifs is 1. The van der Waals surface area contributed by atoms with Gasteiger partial charge in [-0.05, 0) is 36.4 Å². The molecule has 0 fully saturated rings. The monoisotopic (exact) mass is 380 g/mol. The molecular formula is C23H20N6. The fourth-order valence-corrected chi connectivity index (χ4v) is 3.26. The summed E-state index contributed by atoms with van der Waals surface area (Å²) in [4.78, 5) is 13.7. The second-order valence-corrected chi connectivity index (χ2v) is 6.39. The van der Waals surface area contributed by atoms with Gasteiger partial charge in [0.25, 0.3) is 0 Å². The number of hydrogen-bond acceptors (Lipinski definition) is 5. The summed E-state index contributed by atoms with van der Waals surface area (Å²) in [7, 11) is 0. The smallest absolute Gasteiger partial charge is 0.164 e. The number of rotatable bonds is 5. The molecule has 0 amide bonds. The number of nitrogen functional groups attached to an aromatic ring is 2. The molecule has 0 spiro atoms. The van der Waals surface area contributed by atoms with Crippen LogP contribution in [0.15, 0.2) is 86.2 Å². The molecule has 6 heteroatoms. The molecule has 0 saturated carbocycles. The van der Waals surface area contributed by atoms with E-state index in [4.69, 9.17) is 16.5 Å². The summed E-state index contributed by atoms with van der Waals surface area (Å²) in [6.45, 7) is 7.71. The van der Waals surface area contributed by atoms with Crippen LogP contribution in [0.25, 0.3) is 39.4 Å². The van der Waals surface area contributed by atoms with Crippen molar-refractivity contribution >= 4 is 28.4 Å². The van der Waals surface area contributed by atoms with Crippen molar-refractivity contribution in [3.63, 3.8) is 0 Å². The van der Waals surface area contributed by atoms with Gasteiger partial charge in [-0.1, -0.05) is 37.4 Å². The quantitative estimate of drug-likeness (QED) is 0.391. The van der Waals surface area contributed by atoms with Crippen molar-refractivity contribution in [3.8, 4) is 22.5 Å². The highest BCUT2D eigenvalue weighted by Gasteiger charge is 2.18. The maximum Gasteiger partial charge on any atom is 0.164 e. The summed E-state index contributed by atoms with van der Waals surface area (Å²) in [5.41, 5.74) is 17.6. The Morgan fingerprint density at radius 1 is 1.00 bits per heavy atom. The molecule has 0 atom stereocenters. The van der Waals surface area contributed by atoms with Crippen molar-refractivity contribution in [1.82, 2.24) is 19.5 Å². The van der Waals surface area contributed by atoms with Crippen molar-refractivity contribution in [2.45, 2.75) is 0 Å². The summed E-state index contributed by atoms with van der Waals surface area (Å²) in [5, 5.41) is 0. The van der Waals surface area contributed by atoms with Crippen LogP contribution in [0.1, 0.15) is 0 Å². The van der Waals surface area contributed by atoms with Crippen LogP contribution in [-0.2, 0) is 0 Å². The summed E-state index contributed by atoms with van der Waals surface area (Å²) in [6.07, 6.45) is 8.70. The van der Waals surface area contributed by atoms with Crippen LogP contribution >= 0.6 is 0 Å². The summed E-state index contributed by atoms with van der Waals surface area (Å²) >= 11 is 0. The molecule has 0 aliphatic heterocycles. The van der Waals surface area contributed by atoms with Gasteiger partial charge >= 0.3 is 0 Å². The van der Waals surface area contributed by atoms with Gasteiger partial charge in [0, 0.05) is 34.9 Å². The van der Waals surface area contributed by atoms with Gasteiger partial charge in [-0.15, -0.1) is 0 Å². The lowest BCUT2D eigenvalue weighted by atomic mass is 10.1. The number of nitrogens with zero attached hydrogens (tertiary/aromatic N) is 4. The molecule has 0 saturated heterocycles. The first-order valence-corrected chi connectivity index (χ1v) is 9.03.